The Morgan fingerprint density at radius 1 is 1.15 bits per heavy atom. The smallest absolute Gasteiger partial charge is 0.191 e. The number of thiazole rings is 1. The molecule has 1 aliphatic rings. The molecular weight excluding hydrogens is 545 g/mol. The molecule has 0 radical (unpaired) electrons. The molecule has 1 aliphatic heterocycles. The molecule has 2 heterocycles. The molecule has 0 saturated carbocycles. The van der Waals surface area contributed by atoms with Gasteiger partial charge in [-0.05, 0) is 30.5 Å². The van der Waals surface area contributed by atoms with Crippen LogP contribution in [0.4, 0.5) is 5.69 Å². The zero-order valence-electron chi connectivity index (χ0n) is 19.2. The summed E-state index contributed by atoms with van der Waals surface area (Å²) < 4.78 is 5.52. The van der Waals surface area contributed by atoms with Gasteiger partial charge in [-0.2, -0.15) is 0 Å². The quantitative estimate of drug-likeness (QED) is 0.235. The molecular formula is C25H32IN5OS. The summed E-state index contributed by atoms with van der Waals surface area (Å²) in [4.78, 5) is 11.6. The number of nitrogens with zero attached hydrogens (tertiary/aromatic N) is 3. The Bertz CT molecular complexity index is 1030. The van der Waals surface area contributed by atoms with Gasteiger partial charge in [0.1, 0.15) is 5.75 Å². The van der Waals surface area contributed by atoms with Gasteiger partial charge in [0, 0.05) is 38.0 Å². The number of aryl methyl sites for hydroxylation is 2. The van der Waals surface area contributed by atoms with Gasteiger partial charge < -0.3 is 20.3 Å². The van der Waals surface area contributed by atoms with Gasteiger partial charge in [-0.15, -0.1) is 35.3 Å². The highest BCUT2D eigenvalue weighted by atomic mass is 127. The second-order valence-corrected chi connectivity index (χ2v) is 8.83. The predicted molar refractivity (Wildman–Crippen MR) is 148 cm³/mol. The first-order chi connectivity index (χ1) is 15.7. The summed E-state index contributed by atoms with van der Waals surface area (Å²) in [6, 6.07) is 19.1. The number of anilines is 1. The lowest BCUT2D eigenvalue weighted by Gasteiger charge is -2.22. The van der Waals surface area contributed by atoms with Crippen LogP contribution in [0.25, 0.3) is 0 Å². The van der Waals surface area contributed by atoms with Gasteiger partial charge in [0.15, 0.2) is 5.96 Å². The number of hydrogen-bond donors (Lipinski definition) is 2. The summed E-state index contributed by atoms with van der Waals surface area (Å²) >= 11 is 1.73. The van der Waals surface area contributed by atoms with Gasteiger partial charge in [0.25, 0.3) is 0 Å². The van der Waals surface area contributed by atoms with Crippen molar-refractivity contribution in [2.75, 3.05) is 32.1 Å². The van der Waals surface area contributed by atoms with Crippen LogP contribution >= 0.6 is 35.3 Å². The number of aromatic nitrogens is 1. The molecule has 3 aromatic rings. The standard InChI is InChI=1S/C25H31N5OS.HI/c1-26-25(29-20-14-15-30(17-20)22-10-6-7-11-23(22)31-2)27-16-21-18-32-24(28-21)13-12-19-8-4-3-5-9-19;/h3-11,18,20H,12-17H2,1-2H3,(H2,26,27,29);1H. The Hall–Kier alpha value is -2.33. The maximum absolute atomic E-state index is 5.52. The van der Waals surface area contributed by atoms with E-state index in [-0.39, 0.29) is 24.0 Å². The number of ether oxygens (including phenoxy) is 1. The molecule has 0 aliphatic carbocycles. The van der Waals surface area contributed by atoms with E-state index in [2.05, 4.69) is 68.4 Å². The SMILES string of the molecule is CN=C(NCc1csc(CCc2ccccc2)n1)NC1CCN(c2ccccc2OC)C1.I. The molecule has 1 saturated heterocycles. The third-order valence-corrected chi connectivity index (χ3v) is 6.64. The number of nitrogens with one attached hydrogen (secondary N) is 2. The van der Waals surface area contributed by atoms with Crippen molar-refractivity contribution in [2.45, 2.75) is 31.8 Å². The van der Waals surface area contributed by atoms with E-state index in [4.69, 9.17) is 9.72 Å². The van der Waals surface area contributed by atoms with Gasteiger partial charge in [0.2, 0.25) is 0 Å². The Labute approximate surface area is 217 Å². The second-order valence-electron chi connectivity index (χ2n) is 7.89. The van der Waals surface area contributed by atoms with Crippen molar-refractivity contribution in [3.63, 3.8) is 0 Å². The number of methoxy groups -OCH3 is 1. The molecule has 33 heavy (non-hydrogen) atoms. The molecule has 1 aromatic heterocycles. The third-order valence-electron chi connectivity index (χ3n) is 5.69. The molecule has 6 nitrogen and oxygen atoms in total. The highest BCUT2D eigenvalue weighted by Gasteiger charge is 2.25. The van der Waals surface area contributed by atoms with Gasteiger partial charge in [-0.1, -0.05) is 42.5 Å². The maximum Gasteiger partial charge on any atom is 0.191 e. The van der Waals surface area contributed by atoms with Gasteiger partial charge >= 0.3 is 0 Å². The number of hydrogen-bond acceptors (Lipinski definition) is 5. The van der Waals surface area contributed by atoms with E-state index >= 15 is 0 Å². The number of guanidine groups is 1. The normalized spacial score (nSPS) is 15.8. The first-order valence-electron chi connectivity index (χ1n) is 11.1. The fourth-order valence-electron chi connectivity index (χ4n) is 3.99. The zero-order chi connectivity index (χ0) is 22.2. The topological polar surface area (TPSA) is 61.8 Å². The molecule has 176 valence electrons. The van der Waals surface area contributed by atoms with E-state index < -0.39 is 0 Å². The minimum absolute atomic E-state index is 0. The Morgan fingerprint density at radius 3 is 2.73 bits per heavy atom. The Morgan fingerprint density at radius 2 is 1.94 bits per heavy atom. The Kier molecular flexibility index (Phi) is 9.80. The van der Waals surface area contributed by atoms with Gasteiger partial charge in [-0.3, -0.25) is 4.99 Å². The molecule has 0 bridgehead atoms. The monoisotopic (exact) mass is 577 g/mol. The van der Waals surface area contributed by atoms with Crippen LogP contribution in [0.15, 0.2) is 65.0 Å². The summed E-state index contributed by atoms with van der Waals surface area (Å²) in [6.07, 6.45) is 3.05. The van der Waals surface area contributed by atoms with Crippen LogP contribution < -0.4 is 20.3 Å². The molecule has 8 heteroatoms. The highest BCUT2D eigenvalue weighted by molar-refractivity contribution is 14.0. The van der Waals surface area contributed by atoms with Crippen molar-refractivity contribution in [3.8, 4) is 5.75 Å². The van der Waals surface area contributed by atoms with Crippen molar-refractivity contribution in [3.05, 3.63) is 76.2 Å². The van der Waals surface area contributed by atoms with E-state index in [9.17, 15) is 0 Å². The summed E-state index contributed by atoms with van der Waals surface area (Å²) in [5, 5.41) is 10.3. The molecule has 2 N–H and O–H groups in total. The van der Waals surface area contributed by atoms with E-state index in [1.165, 1.54) is 10.6 Å². The van der Waals surface area contributed by atoms with Crippen molar-refractivity contribution in [1.82, 2.24) is 15.6 Å². The second kappa shape index (κ2) is 12.8. The first kappa shape index (κ1) is 25.3. The lowest BCUT2D eigenvalue weighted by Crippen LogP contribution is -2.44. The van der Waals surface area contributed by atoms with Crippen LogP contribution in [0.1, 0.15) is 22.7 Å². The number of aliphatic imine (C=N–C) groups is 1. The number of benzene rings is 2. The zero-order valence-corrected chi connectivity index (χ0v) is 22.3. The van der Waals surface area contributed by atoms with Crippen LogP contribution in [0, 0.1) is 0 Å². The lowest BCUT2D eigenvalue weighted by atomic mass is 10.1. The molecule has 0 spiro atoms. The number of rotatable bonds is 8. The Balaban J connectivity index is 0.00000306. The van der Waals surface area contributed by atoms with Crippen molar-refractivity contribution < 1.29 is 4.74 Å². The fourth-order valence-corrected chi connectivity index (χ4v) is 4.79. The van der Waals surface area contributed by atoms with Gasteiger partial charge in [0.05, 0.1) is 30.0 Å². The van der Waals surface area contributed by atoms with E-state index in [1.807, 2.05) is 19.2 Å². The van der Waals surface area contributed by atoms with Crippen LogP contribution in [0.3, 0.4) is 0 Å². The minimum atomic E-state index is 0. The average molecular weight is 578 g/mol. The van der Waals surface area contributed by atoms with E-state index in [0.717, 1.165) is 55.4 Å². The van der Waals surface area contributed by atoms with Crippen molar-refractivity contribution >= 4 is 47.0 Å². The van der Waals surface area contributed by atoms with E-state index in [0.29, 0.717) is 12.6 Å². The van der Waals surface area contributed by atoms with Crippen molar-refractivity contribution in [2.24, 2.45) is 4.99 Å². The summed E-state index contributed by atoms with van der Waals surface area (Å²) in [5.74, 6) is 1.73. The maximum atomic E-state index is 5.52. The first-order valence-corrected chi connectivity index (χ1v) is 12.0. The van der Waals surface area contributed by atoms with Crippen LogP contribution in [0.2, 0.25) is 0 Å². The summed E-state index contributed by atoms with van der Waals surface area (Å²) in [7, 11) is 3.54. The molecule has 1 atom stereocenters. The fraction of sp³-hybridized carbons (Fsp3) is 0.360. The summed E-state index contributed by atoms with van der Waals surface area (Å²) in [6.45, 7) is 2.58. The van der Waals surface area contributed by atoms with Crippen LogP contribution in [0.5, 0.6) is 5.75 Å². The minimum Gasteiger partial charge on any atom is -0.495 e. The third kappa shape index (κ3) is 7.07. The lowest BCUT2D eigenvalue weighted by molar-refractivity contribution is 0.415. The van der Waals surface area contributed by atoms with E-state index in [1.54, 1.807) is 18.4 Å². The van der Waals surface area contributed by atoms with Crippen LogP contribution in [-0.4, -0.2) is 44.2 Å². The number of halogens is 1. The van der Waals surface area contributed by atoms with Crippen LogP contribution in [-0.2, 0) is 19.4 Å². The average Bonchev–Trinajstić information content (AvgIpc) is 3.50. The highest BCUT2D eigenvalue weighted by Crippen LogP contribution is 2.30. The summed E-state index contributed by atoms with van der Waals surface area (Å²) in [5.41, 5.74) is 3.56. The molecule has 1 fully saturated rings. The molecule has 4 rings (SSSR count). The molecule has 0 amide bonds. The molecule has 2 aromatic carbocycles. The predicted octanol–water partition coefficient (Wildman–Crippen LogP) is 4.50. The van der Waals surface area contributed by atoms with Gasteiger partial charge in [-0.25, -0.2) is 4.98 Å². The van der Waals surface area contributed by atoms with Crippen molar-refractivity contribution in [1.29, 1.82) is 0 Å². The molecule has 1 unspecified atom stereocenters. The number of para-hydroxylation sites is 2. The largest absolute Gasteiger partial charge is 0.495 e.